The van der Waals surface area contributed by atoms with E-state index in [1.807, 2.05) is 27.0 Å². The van der Waals surface area contributed by atoms with Gasteiger partial charge in [0.15, 0.2) is 29.1 Å². The van der Waals surface area contributed by atoms with E-state index in [1.165, 1.54) is 14.2 Å². The van der Waals surface area contributed by atoms with Crippen molar-refractivity contribution in [1.29, 1.82) is 0 Å². The molecule has 2 N–H and O–H groups in total. The molecule has 1 amide bonds. The highest BCUT2D eigenvalue weighted by Gasteiger charge is 2.36. The van der Waals surface area contributed by atoms with Crippen molar-refractivity contribution in [3.63, 3.8) is 0 Å². The highest BCUT2D eigenvalue weighted by molar-refractivity contribution is 6.15. The number of aryl methyl sites for hydroxylation is 1. The van der Waals surface area contributed by atoms with Gasteiger partial charge in [0.1, 0.15) is 18.4 Å². The van der Waals surface area contributed by atoms with Crippen LogP contribution >= 0.6 is 0 Å². The fourth-order valence-electron chi connectivity index (χ4n) is 10.2. The number of carbonyl (C=O) groups is 3. The molecule has 3 unspecified atom stereocenters. The average molecular weight is 983 g/mol. The first-order valence-electron chi connectivity index (χ1n) is 23.8. The number of nitrogens with one attached hydrogen (secondary N) is 1. The lowest BCUT2D eigenvalue weighted by atomic mass is 9.97. The number of aliphatic carboxylic acids is 1. The molecule has 4 aromatic heterocycles. The molecule has 3 aromatic carbocycles. The Balaban J connectivity index is 0.851. The average Bonchev–Trinajstić information content (AvgIpc) is 3.93. The number of fused-ring (bicyclic) bond motifs is 11. The number of aromatic nitrogens is 4. The Kier molecular flexibility index (Phi) is 12.5. The van der Waals surface area contributed by atoms with Crippen LogP contribution in [-0.2, 0) is 45.2 Å². The molecule has 3 aliphatic heterocycles. The van der Waals surface area contributed by atoms with Gasteiger partial charge in [-0.3, -0.25) is 14.6 Å². The Hall–Kier alpha value is -7.77. The van der Waals surface area contributed by atoms with Crippen molar-refractivity contribution in [2.45, 2.75) is 91.1 Å². The monoisotopic (exact) mass is 982 g/mol. The first kappa shape index (κ1) is 47.9. The quantitative estimate of drug-likeness (QED) is 0.0791. The molecule has 0 spiro atoms. The van der Waals surface area contributed by atoms with E-state index in [0.717, 1.165) is 16.5 Å². The second-order valence-electron chi connectivity index (χ2n) is 18.8. The molecule has 10 rings (SSSR count). The van der Waals surface area contributed by atoms with E-state index in [2.05, 4.69) is 24.1 Å². The lowest BCUT2D eigenvalue weighted by molar-refractivity contribution is -0.159. The Bertz CT molecular complexity index is 3530. The van der Waals surface area contributed by atoms with Gasteiger partial charge < -0.3 is 57.6 Å². The molecule has 0 fully saturated rings. The van der Waals surface area contributed by atoms with Crippen LogP contribution in [0.2, 0.25) is 0 Å². The van der Waals surface area contributed by atoms with E-state index in [0.29, 0.717) is 103 Å². The number of ether oxygens (including phenoxy) is 7. The number of cyclic esters (lactones) is 1. The zero-order valence-electron chi connectivity index (χ0n) is 41.1. The van der Waals surface area contributed by atoms with Gasteiger partial charge in [0, 0.05) is 77.6 Å². The van der Waals surface area contributed by atoms with Gasteiger partial charge in [0.05, 0.1) is 59.7 Å². The summed E-state index contributed by atoms with van der Waals surface area (Å²) < 4.78 is 43.5. The first-order chi connectivity index (χ1) is 34.6. The fourth-order valence-corrected chi connectivity index (χ4v) is 10.2. The number of methoxy groups -OCH3 is 3. The first-order valence-corrected chi connectivity index (χ1v) is 23.8. The molecule has 374 valence electrons. The second kappa shape index (κ2) is 18.8. The number of pyridine rings is 4. The van der Waals surface area contributed by atoms with Gasteiger partial charge in [-0.15, -0.1) is 0 Å². The third-order valence-electron chi connectivity index (χ3n) is 14.2. The number of amides is 1. The third kappa shape index (κ3) is 8.24. The van der Waals surface area contributed by atoms with E-state index in [9.17, 15) is 29.1 Å². The molecule has 72 heavy (non-hydrogen) atoms. The van der Waals surface area contributed by atoms with Crippen LogP contribution in [0.1, 0.15) is 68.9 Å². The molecule has 0 saturated heterocycles. The van der Waals surface area contributed by atoms with Gasteiger partial charge in [-0.1, -0.05) is 13.8 Å². The van der Waals surface area contributed by atoms with Gasteiger partial charge in [0.25, 0.3) is 11.1 Å². The molecule has 19 heteroatoms. The summed E-state index contributed by atoms with van der Waals surface area (Å²) in [5.41, 5.74) is 5.11. The number of benzene rings is 3. The van der Waals surface area contributed by atoms with Crippen LogP contribution < -0.4 is 40.1 Å². The molecule has 7 aromatic rings. The SMILES string of the molecule is CCc1c2c(nc3ccc(OC(=O)NC(CC(C)CC4Oc5cc6ncc7c8cc(OC)c(OC)cc8c(=O)n(CCN(C)C(C)C)c7c6cc5O4)C(=O)O)cc13)-c1cc3c(c(=O)n1C2)COC(=O)[C@H]3OC. The number of carboxylic acid groups (broad SMARTS) is 1. The number of esters is 1. The van der Waals surface area contributed by atoms with Gasteiger partial charge in [0.2, 0.25) is 6.29 Å². The number of likely N-dealkylation sites (N-methyl/N-ethyl adjacent to an activating group) is 1. The highest BCUT2D eigenvalue weighted by atomic mass is 16.7. The summed E-state index contributed by atoms with van der Waals surface area (Å²) in [6, 6.07) is 12.8. The highest BCUT2D eigenvalue weighted by Crippen LogP contribution is 2.43. The van der Waals surface area contributed by atoms with Crippen LogP contribution in [0, 0.1) is 5.92 Å². The number of carboxylic acids is 1. The van der Waals surface area contributed by atoms with Gasteiger partial charge >= 0.3 is 18.0 Å². The molecular formula is C53H54N6O13. The van der Waals surface area contributed by atoms with E-state index < -0.39 is 36.5 Å². The van der Waals surface area contributed by atoms with Crippen LogP contribution in [0.3, 0.4) is 0 Å². The summed E-state index contributed by atoms with van der Waals surface area (Å²) >= 11 is 0. The van der Waals surface area contributed by atoms with Crippen molar-refractivity contribution in [3.05, 3.63) is 97.7 Å². The molecule has 4 atom stereocenters. The van der Waals surface area contributed by atoms with Crippen molar-refractivity contribution >= 4 is 61.5 Å². The number of nitrogens with zero attached hydrogens (tertiary/aromatic N) is 5. The van der Waals surface area contributed by atoms with Gasteiger partial charge in [-0.25, -0.2) is 19.4 Å². The normalized spacial score (nSPS) is 16.5. The zero-order chi connectivity index (χ0) is 50.9. The summed E-state index contributed by atoms with van der Waals surface area (Å²) in [4.78, 5) is 78.4. The minimum atomic E-state index is -1.31. The molecule has 7 heterocycles. The smallest absolute Gasteiger partial charge is 0.413 e. The van der Waals surface area contributed by atoms with Crippen LogP contribution in [0.15, 0.2) is 64.3 Å². The van der Waals surface area contributed by atoms with Crippen molar-refractivity contribution in [2.24, 2.45) is 5.92 Å². The Labute approximate surface area is 412 Å². The predicted molar refractivity (Wildman–Crippen MR) is 265 cm³/mol. The molecule has 0 aliphatic carbocycles. The lowest BCUT2D eigenvalue weighted by Crippen LogP contribution is -2.43. The standard InChI is InChI=1S/C53H54N6O13/c1-9-28-30-16-27(10-11-37(30)55-46-35(28)23-59-40(46)17-31-36(50(59)61)24-69-52(64)48(31)68-8)70-53(65)56-39(51(62)63)14-26(4)15-45-71-43-20-33-38(21-44(43)72-45)54-22-34-29-18-41(66-6)42(67-7)19-32(29)49(60)58(47(33)34)13-12-57(5)25(2)3/h10-11,16-22,25-26,39,45,48H,9,12-15,23-24H2,1-8H3,(H,56,65)(H,62,63)/t26?,39?,45?,48-/m0/s1. The molecule has 19 nitrogen and oxygen atoms in total. The van der Waals surface area contributed by atoms with E-state index in [1.54, 1.807) is 64.9 Å². The summed E-state index contributed by atoms with van der Waals surface area (Å²) in [5.74, 6) is -0.140. The molecule has 0 radical (unpaired) electrons. The van der Waals surface area contributed by atoms with Crippen molar-refractivity contribution < 1.29 is 52.6 Å². The van der Waals surface area contributed by atoms with E-state index in [-0.39, 0.29) is 54.8 Å². The van der Waals surface area contributed by atoms with Gasteiger partial charge in [-0.05, 0) is 87.7 Å². The van der Waals surface area contributed by atoms with Crippen molar-refractivity contribution in [3.8, 4) is 40.1 Å². The summed E-state index contributed by atoms with van der Waals surface area (Å²) in [6.45, 7) is 9.12. The van der Waals surface area contributed by atoms with E-state index in [4.69, 9.17) is 43.1 Å². The topological polar surface area (TPSA) is 221 Å². The maximum Gasteiger partial charge on any atom is 0.413 e. The van der Waals surface area contributed by atoms with Crippen LogP contribution in [-0.4, -0.2) is 100 Å². The van der Waals surface area contributed by atoms with Crippen molar-refractivity contribution in [2.75, 3.05) is 34.9 Å². The minimum Gasteiger partial charge on any atom is -0.493 e. The van der Waals surface area contributed by atoms with Crippen molar-refractivity contribution in [1.82, 2.24) is 29.3 Å². The second-order valence-corrected chi connectivity index (χ2v) is 18.8. The molecular weight excluding hydrogens is 929 g/mol. The lowest BCUT2D eigenvalue weighted by Gasteiger charge is -2.24. The minimum absolute atomic E-state index is 0.0269. The zero-order valence-corrected chi connectivity index (χ0v) is 41.1. The number of carbonyl (C=O) groups excluding carboxylic acids is 2. The molecule has 0 bridgehead atoms. The summed E-state index contributed by atoms with van der Waals surface area (Å²) in [7, 11) is 6.48. The van der Waals surface area contributed by atoms with Crippen LogP contribution in [0.4, 0.5) is 4.79 Å². The largest absolute Gasteiger partial charge is 0.493 e. The van der Waals surface area contributed by atoms with Crippen LogP contribution in [0.25, 0.3) is 54.9 Å². The molecule has 0 saturated carbocycles. The van der Waals surface area contributed by atoms with E-state index >= 15 is 0 Å². The Morgan fingerprint density at radius 1 is 0.889 bits per heavy atom. The Morgan fingerprint density at radius 3 is 2.32 bits per heavy atom. The summed E-state index contributed by atoms with van der Waals surface area (Å²) in [5, 5.41) is 16.0. The number of hydrogen-bond acceptors (Lipinski definition) is 15. The number of rotatable bonds is 15. The molecule has 3 aliphatic rings. The fraction of sp³-hybridized carbons (Fsp3) is 0.377. The third-order valence-corrected chi connectivity index (χ3v) is 14.2. The Morgan fingerprint density at radius 2 is 1.62 bits per heavy atom. The summed E-state index contributed by atoms with van der Waals surface area (Å²) in [6.07, 6.45) is -0.146. The van der Waals surface area contributed by atoms with Gasteiger partial charge in [-0.2, -0.15) is 0 Å². The van der Waals surface area contributed by atoms with Crippen LogP contribution in [0.5, 0.6) is 28.7 Å². The maximum atomic E-state index is 14.4. The predicted octanol–water partition coefficient (Wildman–Crippen LogP) is 6.86. The maximum absolute atomic E-state index is 14.4. The number of hydrogen-bond donors (Lipinski definition) is 2.